The second-order valence-electron chi connectivity index (χ2n) is 4.15. The Bertz CT molecular complexity index is 571. The van der Waals surface area contributed by atoms with Crippen LogP contribution in [0.4, 0.5) is 5.69 Å². The molecule has 1 aliphatic rings. The number of ether oxygens (including phenoxy) is 1. The number of carbonyl (C=O) groups excluding carboxylic acids is 1. The Hall–Kier alpha value is -1.44. The van der Waals surface area contributed by atoms with Crippen LogP contribution in [0.15, 0.2) is 24.3 Å². The van der Waals surface area contributed by atoms with E-state index < -0.39 is 10.2 Å². The van der Waals surface area contributed by atoms with E-state index in [1.165, 1.54) is 11.4 Å². The van der Waals surface area contributed by atoms with E-state index in [4.69, 9.17) is 4.74 Å². The molecule has 1 N–H and O–H groups in total. The number of rotatable bonds is 5. The first-order valence-electron chi connectivity index (χ1n) is 5.95. The molecule has 0 saturated carbocycles. The van der Waals surface area contributed by atoms with Crippen LogP contribution < -0.4 is 9.03 Å². The maximum atomic E-state index is 12.2. The molecule has 19 heavy (non-hydrogen) atoms. The van der Waals surface area contributed by atoms with Crippen molar-refractivity contribution in [3.05, 3.63) is 29.8 Å². The average molecular weight is 284 g/mol. The smallest absolute Gasteiger partial charge is 0.301 e. The van der Waals surface area contributed by atoms with Gasteiger partial charge in [-0.3, -0.25) is 9.10 Å². The normalized spacial score (nSPS) is 15.4. The highest BCUT2D eigenvalue weighted by Crippen LogP contribution is 2.28. The molecule has 0 spiro atoms. The van der Waals surface area contributed by atoms with Crippen molar-refractivity contribution >= 4 is 21.7 Å². The lowest BCUT2D eigenvalue weighted by Crippen LogP contribution is -2.45. The molecule has 0 radical (unpaired) electrons. The summed E-state index contributed by atoms with van der Waals surface area (Å²) in [5, 5.41) is 0. The van der Waals surface area contributed by atoms with Crippen LogP contribution in [0, 0.1) is 0 Å². The number of nitrogens with zero attached hydrogens (tertiary/aromatic N) is 1. The van der Waals surface area contributed by atoms with Crippen LogP contribution in [0.2, 0.25) is 0 Å². The first-order valence-corrected chi connectivity index (χ1v) is 7.39. The Balaban J connectivity index is 2.27. The summed E-state index contributed by atoms with van der Waals surface area (Å²) in [6, 6.07) is 6.73. The SMILES string of the molecule is COCCNS(=O)(=O)N1CCC(=O)c2ccccc21. The molecule has 6 nitrogen and oxygen atoms in total. The van der Waals surface area contributed by atoms with Crippen molar-refractivity contribution in [2.24, 2.45) is 0 Å². The fraction of sp³-hybridized carbons (Fsp3) is 0.417. The number of benzene rings is 1. The molecule has 104 valence electrons. The number of hydrogen-bond acceptors (Lipinski definition) is 4. The average Bonchev–Trinajstić information content (AvgIpc) is 2.39. The molecular weight excluding hydrogens is 268 g/mol. The highest BCUT2D eigenvalue weighted by Gasteiger charge is 2.30. The molecule has 0 fully saturated rings. The number of Topliss-reactive ketones (excluding diaryl/α,β-unsaturated/α-hetero) is 1. The number of carbonyl (C=O) groups is 1. The minimum atomic E-state index is -3.64. The van der Waals surface area contributed by atoms with Crippen LogP contribution in [0.3, 0.4) is 0 Å². The Labute approximate surface area is 112 Å². The van der Waals surface area contributed by atoms with Crippen LogP contribution in [-0.4, -0.2) is 41.0 Å². The molecule has 0 unspecified atom stereocenters. The Morgan fingerprint density at radius 3 is 2.84 bits per heavy atom. The van der Waals surface area contributed by atoms with Crippen LogP contribution in [0.1, 0.15) is 16.8 Å². The summed E-state index contributed by atoms with van der Waals surface area (Å²) < 4.78 is 32.8. The summed E-state index contributed by atoms with van der Waals surface area (Å²) in [6.45, 7) is 0.664. The second-order valence-corrected chi connectivity index (χ2v) is 5.83. The van der Waals surface area contributed by atoms with Crippen molar-refractivity contribution in [3.63, 3.8) is 0 Å². The molecule has 0 amide bonds. The van der Waals surface area contributed by atoms with E-state index in [0.717, 1.165) is 0 Å². The fourth-order valence-electron chi connectivity index (χ4n) is 1.99. The number of hydrogen-bond donors (Lipinski definition) is 1. The van der Waals surface area contributed by atoms with Gasteiger partial charge in [-0.2, -0.15) is 13.1 Å². The molecule has 0 atom stereocenters. The number of fused-ring (bicyclic) bond motifs is 1. The summed E-state index contributed by atoms with van der Waals surface area (Å²) in [6.07, 6.45) is 0.197. The largest absolute Gasteiger partial charge is 0.383 e. The third-order valence-electron chi connectivity index (χ3n) is 2.90. The number of anilines is 1. The van der Waals surface area contributed by atoms with Gasteiger partial charge in [0, 0.05) is 32.2 Å². The van der Waals surface area contributed by atoms with E-state index in [2.05, 4.69) is 4.72 Å². The van der Waals surface area contributed by atoms with E-state index in [1.807, 2.05) is 0 Å². The molecule has 1 aliphatic heterocycles. The lowest BCUT2D eigenvalue weighted by Gasteiger charge is -2.29. The Kier molecular flexibility index (Phi) is 4.18. The van der Waals surface area contributed by atoms with Crippen molar-refractivity contribution in [2.45, 2.75) is 6.42 Å². The van der Waals surface area contributed by atoms with E-state index in [9.17, 15) is 13.2 Å². The zero-order valence-corrected chi connectivity index (χ0v) is 11.4. The molecule has 1 heterocycles. The van der Waals surface area contributed by atoms with Gasteiger partial charge in [-0.25, -0.2) is 0 Å². The standard InChI is InChI=1S/C12H16N2O4S/c1-18-9-7-13-19(16,17)14-8-6-12(15)10-4-2-3-5-11(10)14/h2-5,13H,6-9H2,1H3. The topological polar surface area (TPSA) is 75.7 Å². The van der Waals surface area contributed by atoms with Crippen LogP contribution >= 0.6 is 0 Å². The van der Waals surface area contributed by atoms with Gasteiger partial charge in [-0.05, 0) is 12.1 Å². The molecular formula is C12H16N2O4S. The van der Waals surface area contributed by atoms with E-state index in [-0.39, 0.29) is 25.3 Å². The minimum Gasteiger partial charge on any atom is -0.383 e. The van der Waals surface area contributed by atoms with Crippen molar-refractivity contribution < 1.29 is 17.9 Å². The zero-order valence-electron chi connectivity index (χ0n) is 10.6. The molecule has 7 heteroatoms. The van der Waals surface area contributed by atoms with Crippen molar-refractivity contribution in [3.8, 4) is 0 Å². The maximum Gasteiger partial charge on any atom is 0.301 e. The predicted molar refractivity (Wildman–Crippen MR) is 71.5 cm³/mol. The highest BCUT2D eigenvalue weighted by molar-refractivity contribution is 7.90. The Morgan fingerprint density at radius 1 is 1.37 bits per heavy atom. The number of methoxy groups -OCH3 is 1. The minimum absolute atomic E-state index is 0.0288. The summed E-state index contributed by atoms with van der Waals surface area (Å²) in [5.41, 5.74) is 0.884. The van der Waals surface area contributed by atoms with Crippen LogP contribution in [0.5, 0.6) is 0 Å². The van der Waals surface area contributed by atoms with Gasteiger partial charge >= 0.3 is 10.2 Å². The molecule has 0 saturated heterocycles. The van der Waals surface area contributed by atoms with E-state index in [1.54, 1.807) is 24.3 Å². The van der Waals surface area contributed by atoms with Gasteiger partial charge in [-0.15, -0.1) is 0 Å². The maximum absolute atomic E-state index is 12.2. The zero-order chi connectivity index (χ0) is 13.9. The molecule has 2 rings (SSSR count). The van der Waals surface area contributed by atoms with Gasteiger partial charge in [-0.1, -0.05) is 12.1 Å². The monoisotopic (exact) mass is 284 g/mol. The Morgan fingerprint density at radius 2 is 2.11 bits per heavy atom. The van der Waals surface area contributed by atoms with Crippen LogP contribution in [0.25, 0.3) is 0 Å². The summed E-state index contributed by atoms with van der Waals surface area (Å²) in [4.78, 5) is 11.8. The van der Waals surface area contributed by atoms with Gasteiger partial charge in [0.25, 0.3) is 0 Å². The molecule has 0 bridgehead atoms. The molecule has 0 aliphatic carbocycles. The molecule has 1 aromatic carbocycles. The van der Waals surface area contributed by atoms with Gasteiger partial charge in [0.2, 0.25) is 0 Å². The number of ketones is 1. The van der Waals surface area contributed by atoms with Crippen molar-refractivity contribution in [1.82, 2.24) is 4.72 Å². The predicted octanol–water partition coefficient (Wildman–Crippen LogP) is 0.560. The lowest BCUT2D eigenvalue weighted by atomic mass is 10.0. The molecule has 0 aromatic heterocycles. The van der Waals surface area contributed by atoms with Gasteiger partial charge in [0.1, 0.15) is 0 Å². The second kappa shape index (κ2) is 5.68. The molecule has 1 aromatic rings. The summed E-state index contributed by atoms with van der Waals surface area (Å²) in [7, 11) is -2.14. The first-order chi connectivity index (χ1) is 9.06. The van der Waals surface area contributed by atoms with Gasteiger partial charge < -0.3 is 4.74 Å². The van der Waals surface area contributed by atoms with E-state index >= 15 is 0 Å². The van der Waals surface area contributed by atoms with Gasteiger partial charge in [0.15, 0.2) is 5.78 Å². The summed E-state index contributed by atoms with van der Waals surface area (Å²) in [5.74, 6) is -0.0288. The van der Waals surface area contributed by atoms with Crippen LogP contribution in [-0.2, 0) is 14.9 Å². The number of nitrogens with one attached hydrogen (secondary N) is 1. The van der Waals surface area contributed by atoms with Crippen molar-refractivity contribution in [1.29, 1.82) is 0 Å². The fourth-order valence-corrected chi connectivity index (χ4v) is 3.23. The number of para-hydroxylation sites is 1. The quantitative estimate of drug-likeness (QED) is 0.802. The third-order valence-corrected chi connectivity index (χ3v) is 4.42. The first kappa shape index (κ1) is 14.0. The summed E-state index contributed by atoms with van der Waals surface area (Å²) >= 11 is 0. The van der Waals surface area contributed by atoms with Gasteiger partial charge in [0.05, 0.1) is 12.3 Å². The van der Waals surface area contributed by atoms with Crippen molar-refractivity contribution in [2.75, 3.05) is 31.1 Å². The van der Waals surface area contributed by atoms with E-state index in [0.29, 0.717) is 17.9 Å². The highest BCUT2D eigenvalue weighted by atomic mass is 32.2. The third kappa shape index (κ3) is 2.94. The lowest BCUT2D eigenvalue weighted by molar-refractivity contribution is 0.0982.